The van der Waals surface area contributed by atoms with E-state index >= 15 is 0 Å². The van der Waals surface area contributed by atoms with Gasteiger partial charge in [0.15, 0.2) is 0 Å². The van der Waals surface area contributed by atoms with Crippen molar-refractivity contribution in [3.05, 3.63) is 48.8 Å². The van der Waals surface area contributed by atoms with Crippen LogP contribution in [0.5, 0.6) is 0 Å². The fourth-order valence-electron chi connectivity index (χ4n) is 1.88. The van der Waals surface area contributed by atoms with E-state index in [1.165, 1.54) is 18.5 Å². The molecule has 1 heterocycles. The first-order valence-electron chi connectivity index (χ1n) is 7.45. The monoisotopic (exact) mass is 348 g/mol. The zero-order chi connectivity index (χ0) is 17.6. The number of anilines is 2. The molecule has 0 saturated heterocycles. The van der Waals surface area contributed by atoms with E-state index in [1.807, 2.05) is 36.8 Å². The lowest BCUT2D eigenvalue weighted by molar-refractivity contribution is 0.244. The minimum Gasteiger partial charge on any atom is -0.354 e. The number of hydrogen-bond donors (Lipinski definition) is 3. The van der Waals surface area contributed by atoms with Crippen LogP contribution in [0.4, 0.5) is 16.2 Å². The zero-order valence-corrected chi connectivity index (χ0v) is 14.3. The van der Waals surface area contributed by atoms with Gasteiger partial charge in [0.25, 0.3) is 10.0 Å². The van der Waals surface area contributed by atoms with Crippen LogP contribution in [-0.4, -0.2) is 26.0 Å². The van der Waals surface area contributed by atoms with Gasteiger partial charge in [0.1, 0.15) is 4.90 Å². The van der Waals surface area contributed by atoms with Gasteiger partial charge in [-0.25, -0.2) is 17.9 Å². The maximum atomic E-state index is 12.4. The first-order valence-corrected chi connectivity index (χ1v) is 8.93. The van der Waals surface area contributed by atoms with Crippen LogP contribution in [0.1, 0.15) is 13.8 Å². The van der Waals surface area contributed by atoms with E-state index < -0.39 is 16.1 Å². The predicted molar refractivity (Wildman–Crippen MR) is 92.5 cm³/mol. The van der Waals surface area contributed by atoms with Crippen LogP contribution < -0.4 is 15.4 Å². The molecule has 0 spiro atoms. The predicted octanol–water partition coefficient (Wildman–Crippen LogP) is 2.47. The number of sulfonamides is 1. The van der Waals surface area contributed by atoms with Crippen molar-refractivity contribution in [3.63, 3.8) is 0 Å². The number of benzene rings is 1. The maximum absolute atomic E-state index is 12.4. The highest BCUT2D eigenvalue weighted by Crippen LogP contribution is 2.23. The van der Waals surface area contributed by atoms with E-state index in [0.717, 1.165) is 5.69 Å². The molecular formula is C16H20N4O3S. The Morgan fingerprint density at radius 3 is 2.54 bits per heavy atom. The Hall–Kier alpha value is -2.61. The zero-order valence-electron chi connectivity index (χ0n) is 13.5. The average molecular weight is 348 g/mol. The van der Waals surface area contributed by atoms with Crippen molar-refractivity contribution in [1.82, 2.24) is 15.0 Å². The van der Waals surface area contributed by atoms with Crippen LogP contribution in [0.3, 0.4) is 0 Å². The molecule has 0 unspecified atom stereocenters. The molecule has 0 saturated carbocycles. The summed E-state index contributed by atoms with van der Waals surface area (Å²) in [5.41, 5.74) is 1.06. The Morgan fingerprint density at radius 2 is 1.88 bits per heavy atom. The standard InChI is InChI=1S/C16H20N4O3S/c1-12(2)10-18-16(21)20-24(22,23)15-11-17-9-8-14(15)19-13-6-4-3-5-7-13/h3-9,11-12H,10H2,1-2H3,(H,17,19)(H2,18,20,21). The fraction of sp³-hybridized carbons (Fsp3) is 0.250. The molecule has 24 heavy (non-hydrogen) atoms. The molecule has 3 N–H and O–H groups in total. The third-order valence-corrected chi connectivity index (χ3v) is 4.38. The smallest absolute Gasteiger partial charge is 0.328 e. The molecule has 0 bridgehead atoms. The number of nitrogens with zero attached hydrogens (tertiary/aromatic N) is 1. The Balaban J connectivity index is 2.19. The minimum atomic E-state index is -4.05. The van der Waals surface area contributed by atoms with Gasteiger partial charge < -0.3 is 10.6 Å². The Kier molecular flexibility index (Phi) is 5.75. The summed E-state index contributed by atoms with van der Waals surface area (Å²) in [6.07, 6.45) is 2.67. The van der Waals surface area contributed by atoms with E-state index in [1.54, 1.807) is 12.1 Å². The van der Waals surface area contributed by atoms with Crippen LogP contribution in [0.15, 0.2) is 53.7 Å². The normalized spacial score (nSPS) is 11.1. The summed E-state index contributed by atoms with van der Waals surface area (Å²) in [5.74, 6) is 0.215. The summed E-state index contributed by atoms with van der Waals surface area (Å²) in [6, 6.07) is 9.89. The van der Waals surface area contributed by atoms with Gasteiger partial charge in [-0.2, -0.15) is 0 Å². The van der Waals surface area contributed by atoms with Gasteiger partial charge in [-0.05, 0) is 24.1 Å². The van der Waals surface area contributed by atoms with E-state index in [9.17, 15) is 13.2 Å². The van der Waals surface area contributed by atoms with Crippen molar-refractivity contribution in [2.45, 2.75) is 18.7 Å². The average Bonchev–Trinajstić information content (AvgIpc) is 2.54. The third kappa shape index (κ3) is 4.95. The van der Waals surface area contributed by atoms with Crippen molar-refractivity contribution >= 4 is 27.4 Å². The van der Waals surface area contributed by atoms with Crippen LogP contribution in [0.2, 0.25) is 0 Å². The second kappa shape index (κ2) is 7.78. The second-order valence-corrected chi connectivity index (χ2v) is 7.22. The van der Waals surface area contributed by atoms with Crippen molar-refractivity contribution in [3.8, 4) is 0 Å². The van der Waals surface area contributed by atoms with Crippen molar-refractivity contribution in [1.29, 1.82) is 0 Å². The van der Waals surface area contributed by atoms with Crippen molar-refractivity contribution in [2.75, 3.05) is 11.9 Å². The van der Waals surface area contributed by atoms with Gasteiger partial charge in [-0.3, -0.25) is 4.98 Å². The summed E-state index contributed by atoms with van der Waals surface area (Å²) < 4.78 is 26.9. The molecule has 0 fully saturated rings. The molecule has 0 aliphatic carbocycles. The SMILES string of the molecule is CC(C)CNC(=O)NS(=O)(=O)c1cnccc1Nc1ccccc1. The number of hydrogen-bond acceptors (Lipinski definition) is 5. The largest absolute Gasteiger partial charge is 0.354 e. The van der Waals surface area contributed by atoms with Gasteiger partial charge >= 0.3 is 6.03 Å². The quantitative estimate of drug-likeness (QED) is 0.744. The molecule has 2 aromatic rings. The summed E-state index contributed by atoms with van der Waals surface area (Å²) >= 11 is 0. The van der Waals surface area contributed by atoms with Crippen LogP contribution in [-0.2, 0) is 10.0 Å². The number of para-hydroxylation sites is 1. The number of pyridine rings is 1. The molecule has 2 amide bonds. The Bertz CT molecular complexity index is 792. The summed E-state index contributed by atoms with van der Waals surface area (Å²) in [7, 11) is -4.05. The van der Waals surface area contributed by atoms with Crippen LogP contribution in [0, 0.1) is 5.92 Å². The summed E-state index contributed by atoms with van der Waals surface area (Å²) in [4.78, 5) is 15.5. The highest BCUT2D eigenvalue weighted by Gasteiger charge is 2.21. The van der Waals surface area contributed by atoms with Crippen LogP contribution in [0.25, 0.3) is 0 Å². The first-order chi connectivity index (χ1) is 11.4. The van der Waals surface area contributed by atoms with Gasteiger partial charge in [-0.1, -0.05) is 32.0 Å². The lowest BCUT2D eigenvalue weighted by atomic mass is 10.2. The number of amides is 2. The highest BCUT2D eigenvalue weighted by molar-refractivity contribution is 7.90. The molecule has 1 aromatic carbocycles. The number of urea groups is 1. The number of rotatable bonds is 6. The minimum absolute atomic E-state index is 0.103. The number of carbonyl (C=O) groups excluding carboxylic acids is 1. The molecule has 0 aliphatic heterocycles. The van der Waals surface area contributed by atoms with E-state index in [4.69, 9.17) is 0 Å². The van der Waals surface area contributed by atoms with Gasteiger partial charge in [-0.15, -0.1) is 0 Å². The molecule has 0 atom stereocenters. The van der Waals surface area contributed by atoms with Crippen molar-refractivity contribution in [2.24, 2.45) is 5.92 Å². The number of aromatic nitrogens is 1. The van der Waals surface area contributed by atoms with E-state index in [-0.39, 0.29) is 10.8 Å². The summed E-state index contributed by atoms with van der Waals surface area (Å²) in [6.45, 7) is 4.21. The molecule has 0 radical (unpaired) electrons. The summed E-state index contributed by atoms with van der Waals surface area (Å²) in [5, 5.41) is 5.52. The molecule has 1 aromatic heterocycles. The molecule has 7 nitrogen and oxygen atoms in total. The van der Waals surface area contributed by atoms with Gasteiger partial charge in [0, 0.05) is 24.6 Å². The van der Waals surface area contributed by atoms with Crippen molar-refractivity contribution < 1.29 is 13.2 Å². The number of carbonyl (C=O) groups is 1. The third-order valence-electron chi connectivity index (χ3n) is 3.02. The van der Waals surface area contributed by atoms with Gasteiger partial charge in [0.05, 0.1) is 5.69 Å². The number of nitrogens with one attached hydrogen (secondary N) is 3. The highest BCUT2D eigenvalue weighted by atomic mass is 32.2. The first kappa shape index (κ1) is 17.7. The lowest BCUT2D eigenvalue weighted by Crippen LogP contribution is -2.41. The van der Waals surface area contributed by atoms with Gasteiger partial charge in [0.2, 0.25) is 0 Å². The molecule has 128 valence electrons. The maximum Gasteiger partial charge on any atom is 0.328 e. The molecule has 0 aliphatic rings. The molecular weight excluding hydrogens is 328 g/mol. The van der Waals surface area contributed by atoms with E-state index in [2.05, 4.69) is 15.6 Å². The van der Waals surface area contributed by atoms with E-state index in [0.29, 0.717) is 12.2 Å². The lowest BCUT2D eigenvalue weighted by Gasteiger charge is -2.13. The molecule has 2 rings (SSSR count). The topological polar surface area (TPSA) is 100 Å². The molecule has 8 heteroatoms. The Labute approximate surface area is 141 Å². The fourth-order valence-corrected chi connectivity index (χ4v) is 2.92. The second-order valence-electron chi connectivity index (χ2n) is 5.57. The Morgan fingerprint density at radius 1 is 1.17 bits per heavy atom. The van der Waals surface area contributed by atoms with Crippen LogP contribution >= 0.6 is 0 Å².